The van der Waals surface area contributed by atoms with Crippen LogP contribution >= 0.6 is 12.4 Å². The number of rotatable bonds is 18. The van der Waals surface area contributed by atoms with Gasteiger partial charge in [-0.05, 0) is 110 Å². The molecule has 0 atom stereocenters. The molecule has 4 aromatic carbocycles. The van der Waals surface area contributed by atoms with E-state index in [-0.39, 0.29) is 35.4 Å². The molecule has 6 rings (SSSR count). The first-order valence-corrected chi connectivity index (χ1v) is 25.3. The number of halogens is 1. The molecule has 0 unspecified atom stereocenters. The molecule has 2 heterocycles. The highest BCUT2D eigenvalue weighted by molar-refractivity contribution is 7.91. The van der Waals surface area contributed by atoms with Gasteiger partial charge >= 0.3 is 0 Å². The lowest BCUT2D eigenvalue weighted by Crippen LogP contribution is -2.21. The summed E-state index contributed by atoms with van der Waals surface area (Å²) < 4.78 is 63.8. The average Bonchev–Trinajstić information content (AvgIpc) is 3.21. The van der Waals surface area contributed by atoms with Crippen LogP contribution in [-0.2, 0) is 58.8 Å². The van der Waals surface area contributed by atoms with Crippen molar-refractivity contribution < 1.29 is 26.3 Å². The van der Waals surface area contributed by atoms with Gasteiger partial charge in [0.25, 0.3) is 0 Å². The van der Waals surface area contributed by atoms with Gasteiger partial charge in [0.1, 0.15) is 34.5 Å². The first kappa shape index (κ1) is 49.9. The van der Waals surface area contributed by atoms with E-state index in [0.717, 1.165) is 91.3 Å². The van der Waals surface area contributed by atoms with Gasteiger partial charge in [0, 0.05) is 59.5 Å². The lowest BCUT2D eigenvalue weighted by atomic mass is 9.89. The molecule has 0 spiro atoms. The summed E-state index contributed by atoms with van der Waals surface area (Å²) in [6, 6.07) is 30.5. The zero-order valence-electron chi connectivity index (χ0n) is 38.7. The van der Waals surface area contributed by atoms with Crippen LogP contribution in [0.15, 0.2) is 107 Å². The number of aryl methyl sites for hydroxylation is 4. The van der Waals surface area contributed by atoms with E-state index in [1.807, 2.05) is 13.8 Å². The number of pyridine rings is 2. The number of hydrogen-bond acceptors (Lipinski definition) is 9. The molecule has 2 aromatic heterocycles. The van der Waals surface area contributed by atoms with Gasteiger partial charge in [0.15, 0.2) is 19.7 Å². The molecule has 0 aliphatic rings. The molecule has 340 valence electrons. The Balaban J connectivity index is 0.00000771. The third-order valence-electron chi connectivity index (χ3n) is 11.1. The molecule has 0 bridgehead atoms. The van der Waals surface area contributed by atoms with Crippen LogP contribution in [0, 0.1) is 39.5 Å². The first-order valence-electron chi connectivity index (χ1n) is 21.5. The molecule has 0 saturated carbocycles. The SMILES string of the molecule is Cc1ccc(-c2c(COc3ccccc3S(C)(=O)=O)c(C)nc(CC(C)C)c2CNCc2c(CC(C)C)nc(C)c(COc3ccccc3S(C)(=O)=O)c2-c2ccc(C)cc2)cc1.Cl. The lowest BCUT2D eigenvalue weighted by molar-refractivity contribution is 0.297. The monoisotopic (exact) mass is 923 g/mol. The molecule has 1 N–H and O–H groups in total. The molecule has 0 aliphatic carbocycles. The van der Waals surface area contributed by atoms with Crippen molar-refractivity contribution in [2.45, 2.75) is 104 Å². The third-order valence-corrected chi connectivity index (χ3v) is 13.4. The summed E-state index contributed by atoms with van der Waals surface area (Å²) in [4.78, 5) is 10.8. The molecule has 0 aliphatic heterocycles. The summed E-state index contributed by atoms with van der Waals surface area (Å²) >= 11 is 0. The lowest BCUT2D eigenvalue weighted by Gasteiger charge is -2.25. The Hall–Kier alpha value is -5.07. The van der Waals surface area contributed by atoms with Gasteiger partial charge in [-0.15, -0.1) is 12.4 Å². The zero-order valence-corrected chi connectivity index (χ0v) is 41.2. The van der Waals surface area contributed by atoms with Gasteiger partial charge < -0.3 is 14.8 Å². The number of para-hydroxylation sites is 2. The Morgan fingerprint density at radius 3 is 1.19 bits per heavy atom. The van der Waals surface area contributed by atoms with Crippen LogP contribution in [0.1, 0.15) is 83.9 Å². The standard InChI is InChI=1S/C52H61N3O6S2.ClH/c1-33(2)27-45-41(51(39-23-19-35(5)20-24-39)43(37(7)54-45)31-60-47-15-11-13-17-49(47)62(9,56)57)29-53-30-42-46(28-34(3)4)55-38(8)44(52(42)40-25-21-36(6)22-26-40)32-61-48-16-12-14-18-50(48)63(10,58)59;/h11-26,33-34,53H,27-32H2,1-10H3;1H. The number of nitrogens with one attached hydrogen (secondary N) is 1. The zero-order chi connectivity index (χ0) is 45.6. The van der Waals surface area contributed by atoms with Crippen LogP contribution in [0.5, 0.6) is 11.5 Å². The van der Waals surface area contributed by atoms with E-state index in [0.29, 0.717) is 36.4 Å². The summed E-state index contributed by atoms with van der Waals surface area (Å²) in [5.41, 5.74) is 13.9. The number of nitrogens with zero attached hydrogens (tertiary/aromatic N) is 2. The van der Waals surface area contributed by atoms with Gasteiger partial charge in [-0.1, -0.05) is 112 Å². The third kappa shape index (κ3) is 12.2. The summed E-state index contributed by atoms with van der Waals surface area (Å²) in [6.07, 6.45) is 3.90. The van der Waals surface area contributed by atoms with Gasteiger partial charge in [-0.3, -0.25) is 9.97 Å². The van der Waals surface area contributed by atoms with Crippen LogP contribution in [-0.4, -0.2) is 39.3 Å². The maximum absolute atomic E-state index is 12.8. The van der Waals surface area contributed by atoms with Crippen molar-refractivity contribution in [3.63, 3.8) is 0 Å². The molecular weight excluding hydrogens is 862 g/mol. The fourth-order valence-electron chi connectivity index (χ4n) is 8.04. The highest BCUT2D eigenvalue weighted by atomic mass is 35.5. The number of benzene rings is 4. The second-order valence-corrected chi connectivity index (χ2v) is 21.5. The minimum absolute atomic E-state index is 0. The van der Waals surface area contributed by atoms with E-state index in [1.54, 1.807) is 48.5 Å². The molecule has 12 heteroatoms. The van der Waals surface area contributed by atoms with E-state index < -0.39 is 19.7 Å². The molecule has 0 amide bonds. The van der Waals surface area contributed by atoms with E-state index >= 15 is 0 Å². The Morgan fingerprint density at radius 1 is 0.516 bits per heavy atom. The minimum atomic E-state index is -3.54. The van der Waals surface area contributed by atoms with Crippen molar-refractivity contribution in [3.05, 3.63) is 153 Å². The van der Waals surface area contributed by atoms with Crippen molar-refractivity contribution >= 4 is 32.1 Å². The second kappa shape index (κ2) is 21.3. The Kier molecular flexibility index (Phi) is 16.6. The first-order chi connectivity index (χ1) is 29.8. The topological polar surface area (TPSA) is 125 Å². The molecule has 9 nitrogen and oxygen atoms in total. The van der Waals surface area contributed by atoms with Gasteiger partial charge in [0.05, 0.1) is 0 Å². The average molecular weight is 925 g/mol. The van der Waals surface area contributed by atoms with E-state index in [2.05, 4.69) is 95.4 Å². The Labute approximate surface area is 387 Å². The molecule has 0 fully saturated rings. The molecular formula is C52H62ClN3O6S2. The highest BCUT2D eigenvalue weighted by Gasteiger charge is 2.25. The fourth-order valence-corrected chi connectivity index (χ4v) is 9.67. The van der Waals surface area contributed by atoms with Gasteiger partial charge in [-0.2, -0.15) is 0 Å². The smallest absolute Gasteiger partial charge is 0.179 e. The van der Waals surface area contributed by atoms with Crippen molar-refractivity contribution in [3.8, 4) is 33.8 Å². The van der Waals surface area contributed by atoms with Crippen LogP contribution in [0.2, 0.25) is 0 Å². The van der Waals surface area contributed by atoms with Crippen molar-refractivity contribution in [1.82, 2.24) is 15.3 Å². The molecule has 0 radical (unpaired) electrons. The summed E-state index contributed by atoms with van der Waals surface area (Å²) in [6.45, 7) is 18.1. The maximum atomic E-state index is 12.8. The van der Waals surface area contributed by atoms with E-state index in [1.165, 1.54) is 12.5 Å². The van der Waals surface area contributed by atoms with Crippen LogP contribution in [0.3, 0.4) is 0 Å². The predicted molar refractivity (Wildman–Crippen MR) is 261 cm³/mol. The van der Waals surface area contributed by atoms with Crippen molar-refractivity contribution in [2.75, 3.05) is 12.5 Å². The van der Waals surface area contributed by atoms with Crippen molar-refractivity contribution in [1.29, 1.82) is 0 Å². The summed E-state index contributed by atoms with van der Waals surface area (Å²) in [7, 11) is -7.08. The van der Waals surface area contributed by atoms with Crippen LogP contribution in [0.25, 0.3) is 22.3 Å². The summed E-state index contributed by atoms with van der Waals surface area (Å²) in [5.74, 6) is 1.25. The Bertz CT molecular complexity index is 2610. The number of aromatic nitrogens is 2. The summed E-state index contributed by atoms with van der Waals surface area (Å²) in [5, 5.41) is 3.87. The molecule has 64 heavy (non-hydrogen) atoms. The number of ether oxygens (including phenoxy) is 2. The second-order valence-electron chi connectivity index (χ2n) is 17.5. The predicted octanol–water partition coefficient (Wildman–Crippen LogP) is 11.1. The maximum Gasteiger partial charge on any atom is 0.179 e. The van der Waals surface area contributed by atoms with Crippen LogP contribution < -0.4 is 14.8 Å². The largest absolute Gasteiger partial charge is 0.487 e. The minimum Gasteiger partial charge on any atom is -0.487 e. The van der Waals surface area contributed by atoms with E-state index in [4.69, 9.17) is 19.4 Å². The van der Waals surface area contributed by atoms with Crippen LogP contribution in [0.4, 0.5) is 0 Å². The normalized spacial score (nSPS) is 11.8. The van der Waals surface area contributed by atoms with Gasteiger partial charge in [0.2, 0.25) is 0 Å². The van der Waals surface area contributed by atoms with Gasteiger partial charge in [-0.25, -0.2) is 16.8 Å². The van der Waals surface area contributed by atoms with Crippen molar-refractivity contribution in [2.24, 2.45) is 11.8 Å². The van der Waals surface area contributed by atoms with E-state index in [9.17, 15) is 16.8 Å². The highest BCUT2D eigenvalue weighted by Crippen LogP contribution is 2.37. The molecule has 6 aromatic rings. The fraction of sp³-hybridized carbons (Fsp3) is 0.346. The molecule has 0 saturated heterocycles. The quantitative estimate of drug-likeness (QED) is 0.0897. The number of sulfone groups is 2. The number of hydrogen-bond donors (Lipinski definition) is 1. The Morgan fingerprint density at radius 2 is 0.859 bits per heavy atom.